The molecule has 13 heteroatoms. The molecule has 1 saturated heterocycles. The third kappa shape index (κ3) is 13.7. The lowest BCUT2D eigenvalue weighted by atomic mass is 10.1. The number of non-ortho nitro benzene ring substituents is 1. The van der Waals surface area contributed by atoms with Crippen molar-refractivity contribution >= 4 is 17.6 Å². The molecule has 1 aromatic rings. The van der Waals surface area contributed by atoms with E-state index in [1.165, 1.54) is 12.1 Å². The second kappa shape index (κ2) is 12.3. The number of benzene rings is 1. The molecule has 1 atom stereocenters. The Bertz CT molecular complexity index is 865. The standard InChI is InChI=1S/C23H35N2O6.ClHO4/c1-22(2,3)30-20(26)15-25(16-21(27)31-23(4,5)6)14-19(25)9-7-8-17-10-12-18(13-11-17)24(28)29;2-1(3,4)5/h10-13,19H,7-9,14-16H2,1-6H3;(H,2,3,4,5)/q+1;/p-1. The van der Waals surface area contributed by atoms with E-state index in [1.54, 1.807) is 12.1 Å². The molecule has 0 bridgehead atoms. The van der Waals surface area contributed by atoms with Crippen LogP contribution in [0.5, 0.6) is 0 Å². The molecular formula is C23H35ClN2O10. The molecule has 0 aromatic heterocycles. The van der Waals surface area contributed by atoms with Gasteiger partial charge in [0, 0.05) is 18.6 Å². The molecule has 1 unspecified atom stereocenters. The van der Waals surface area contributed by atoms with Gasteiger partial charge in [-0.05, 0) is 59.9 Å². The molecule has 1 heterocycles. The fourth-order valence-corrected chi connectivity index (χ4v) is 3.77. The van der Waals surface area contributed by atoms with Crippen molar-refractivity contribution in [2.75, 3.05) is 19.6 Å². The summed E-state index contributed by atoms with van der Waals surface area (Å²) in [7, 11) is -4.94. The maximum atomic E-state index is 12.5. The van der Waals surface area contributed by atoms with Crippen LogP contribution in [0.3, 0.4) is 0 Å². The van der Waals surface area contributed by atoms with E-state index in [0.29, 0.717) is 4.48 Å². The predicted molar refractivity (Wildman–Crippen MR) is 116 cm³/mol. The Morgan fingerprint density at radius 1 is 0.944 bits per heavy atom. The van der Waals surface area contributed by atoms with Crippen LogP contribution in [0.25, 0.3) is 0 Å². The SMILES string of the molecule is CC(C)(C)OC(=O)C[N+]1(CC(=O)OC(C)(C)C)CC1CCCc1ccc([N+](=O)[O-])cc1.[O-][Cl+3]([O-])([O-])[O-]. The lowest BCUT2D eigenvalue weighted by Gasteiger charge is -2.25. The van der Waals surface area contributed by atoms with Crippen LogP contribution in [-0.4, -0.2) is 58.2 Å². The number of hydrogen-bond donors (Lipinski definition) is 0. The summed E-state index contributed by atoms with van der Waals surface area (Å²) in [5.41, 5.74) is -0.0389. The minimum absolute atomic E-state index is 0.0800. The molecule has 0 amide bonds. The van der Waals surface area contributed by atoms with Crippen molar-refractivity contribution in [3.05, 3.63) is 39.9 Å². The molecule has 0 saturated carbocycles. The Hall–Kier alpha value is -2.35. The summed E-state index contributed by atoms with van der Waals surface area (Å²) in [6, 6.07) is 6.76. The van der Waals surface area contributed by atoms with Crippen molar-refractivity contribution in [1.82, 2.24) is 0 Å². The van der Waals surface area contributed by atoms with E-state index in [1.807, 2.05) is 41.5 Å². The van der Waals surface area contributed by atoms with Crippen molar-refractivity contribution in [2.45, 2.75) is 78.0 Å². The molecule has 1 aliphatic heterocycles. The van der Waals surface area contributed by atoms with Gasteiger partial charge >= 0.3 is 11.9 Å². The lowest BCUT2D eigenvalue weighted by molar-refractivity contribution is -2.00. The maximum Gasteiger partial charge on any atom is 0.362 e. The van der Waals surface area contributed by atoms with E-state index < -0.39 is 26.4 Å². The molecule has 1 aliphatic rings. The first-order valence-corrected chi connectivity index (χ1v) is 12.6. The smallest absolute Gasteiger partial charge is 0.362 e. The van der Waals surface area contributed by atoms with E-state index in [9.17, 15) is 19.7 Å². The van der Waals surface area contributed by atoms with Crippen molar-refractivity contribution in [3.63, 3.8) is 0 Å². The summed E-state index contributed by atoms with van der Waals surface area (Å²) in [6.07, 6.45) is 2.50. The number of hydrogen-bond acceptors (Lipinski definition) is 10. The van der Waals surface area contributed by atoms with E-state index in [0.717, 1.165) is 31.4 Å². The Balaban J connectivity index is 0.00000118. The van der Waals surface area contributed by atoms with Crippen LogP contribution in [0.4, 0.5) is 5.69 Å². The predicted octanol–water partition coefficient (Wildman–Crippen LogP) is -0.956. The van der Waals surface area contributed by atoms with Gasteiger partial charge < -0.3 is 9.47 Å². The summed E-state index contributed by atoms with van der Waals surface area (Å²) in [4.78, 5) is 35.3. The van der Waals surface area contributed by atoms with Crippen LogP contribution >= 0.6 is 0 Å². The molecule has 12 nitrogen and oxygen atoms in total. The summed E-state index contributed by atoms with van der Waals surface area (Å²) in [5, 5.41) is 10.8. The van der Waals surface area contributed by atoms with Crippen LogP contribution in [0.15, 0.2) is 24.3 Å². The van der Waals surface area contributed by atoms with Gasteiger partial charge in [-0.15, -0.1) is 10.2 Å². The Morgan fingerprint density at radius 2 is 1.36 bits per heavy atom. The first-order valence-electron chi connectivity index (χ1n) is 11.3. The molecule has 0 radical (unpaired) electrons. The number of nitro benzene ring substituents is 1. The molecule has 2 rings (SSSR count). The van der Waals surface area contributed by atoms with Gasteiger partial charge in [0.15, 0.2) is 13.1 Å². The van der Waals surface area contributed by atoms with Crippen LogP contribution in [-0.2, 0) is 25.5 Å². The molecule has 204 valence electrons. The first-order chi connectivity index (χ1) is 16.2. The number of halogens is 1. The zero-order chi connectivity index (χ0) is 27.9. The molecule has 0 spiro atoms. The molecule has 1 aromatic carbocycles. The number of nitro groups is 1. The fraction of sp³-hybridized carbons (Fsp3) is 0.652. The minimum atomic E-state index is -4.94. The highest BCUT2D eigenvalue weighted by atomic mass is 35.7. The van der Waals surface area contributed by atoms with E-state index in [4.69, 9.17) is 28.1 Å². The number of nitrogens with zero attached hydrogens (tertiary/aromatic N) is 2. The van der Waals surface area contributed by atoms with Crippen LogP contribution in [0.1, 0.15) is 59.9 Å². The van der Waals surface area contributed by atoms with Crippen molar-refractivity contribution in [1.29, 1.82) is 0 Å². The first kappa shape index (κ1) is 31.7. The van der Waals surface area contributed by atoms with Gasteiger partial charge in [-0.25, -0.2) is 28.2 Å². The molecule has 1 fully saturated rings. The minimum Gasteiger partial charge on any atom is -0.456 e. The van der Waals surface area contributed by atoms with Crippen molar-refractivity contribution in [3.8, 4) is 0 Å². The normalized spacial score (nSPS) is 16.9. The van der Waals surface area contributed by atoms with E-state index in [-0.39, 0.29) is 36.8 Å². The highest BCUT2D eigenvalue weighted by Crippen LogP contribution is 2.35. The van der Waals surface area contributed by atoms with E-state index in [2.05, 4.69) is 0 Å². The Labute approximate surface area is 212 Å². The topological polar surface area (TPSA) is 188 Å². The number of aryl methyl sites for hydroxylation is 1. The summed E-state index contributed by atoms with van der Waals surface area (Å²) < 4.78 is 45.3. The molecule has 36 heavy (non-hydrogen) atoms. The highest BCUT2D eigenvalue weighted by Gasteiger charge is 2.57. The lowest BCUT2D eigenvalue weighted by Crippen LogP contribution is -2.68. The molecule has 0 aliphatic carbocycles. The van der Waals surface area contributed by atoms with Gasteiger partial charge in [-0.3, -0.25) is 14.6 Å². The number of carbonyl (C=O) groups is 2. The van der Waals surface area contributed by atoms with Crippen molar-refractivity contribution < 1.29 is 57.3 Å². The third-order valence-corrected chi connectivity index (χ3v) is 5.09. The number of carbonyl (C=O) groups excluding carboxylic acids is 2. The Kier molecular flexibility index (Phi) is 10.8. The zero-order valence-electron chi connectivity index (χ0n) is 21.5. The monoisotopic (exact) mass is 534 g/mol. The second-order valence-electron chi connectivity index (χ2n) is 10.7. The summed E-state index contributed by atoms with van der Waals surface area (Å²) in [5.74, 6) is -0.622. The van der Waals surface area contributed by atoms with E-state index >= 15 is 0 Å². The van der Waals surface area contributed by atoms with Gasteiger partial charge in [0.25, 0.3) is 5.69 Å². The van der Waals surface area contributed by atoms with Gasteiger partial charge in [0.2, 0.25) is 0 Å². The van der Waals surface area contributed by atoms with Crippen LogP contribution in [0.2, 0.25) is 0 Å². The number of ether oxygens (including phenoxy) is 2. The number of esters is 2. The fourth-order valence-electron chi connectivity index (χ4n) is 3.77. The van der Waals surface area contributed by atoms with Crippen molar-refractivity contribution in [2.24, 2.45) is 0 Å². The van der Waals surface area contributed by atoms with Gasteiger partial charge in [0.05, 0.1) is 4.92 Å². The zero-order valence-corrected chi connectivity index (χ0v) is 22.2. The average molecular weight is 535 g/mol. The summed E-state index contributed by atoms with van der Waals surface area (Å²) >= 11 is 0. The van der Waals surface area contributed by atoms with Gasteiger partial charge in [-0.2, -0.15) is 0 Å². The number of quaternary nitrogens is 1. The second-order valence-corrected chi connectivity index (χ2v) is 11.5. The third-order valence-electron chi connectivity index (χ3n) is 5.09. The molecule has 0 N–H and O–H groups in total. The highest BCUT2D eigenvalue weighted by molar-refractivity contribution is 5.74. The van der Waals surface area contributed by atoms with Gasteiger partial charge in [0.1, 0.15) is 23.8 Å². The quantitative estimate of drug-likeness (QED) is 0.125. The summed E-state index contributed by atoms with van der Waals surface area (Å²) in [6.45, 7) is 12.0. The largest absolute Gasteiger partial charge is 0.456 e. The average Bonchev–Trinajstić information content (AvgIpc) is 3.28. The van der Waals surface area contributed by atoms with Crippen LogP contribution < -0.4 is 18.6 Å². The van der Waals surface area contributed by atoms with Crippen LogP contribution in [0, 0.1) is 20.4 Å². The van der Waals surface area contributed by atoms with Gasteiger partial charge in [-0.1, -0.05) is 12.1 Å². The molecular weight excluding hydrogens is 500 g/mol. The number of rotatable bonds is 9. The maximum absolute atomic E-state index is 12.5. The Morgan fingerprint density at radius 3 is 1.72 bits per heavy atom.